The Morgan fingerprint density at radius 3 is 2.69 bits per heavy atom. The average molecular weight is 239 g/mol. The fraction of sp³-hybridized carbons (Fsp3) is 0.250. The molecule has 0 aliphatic rings. The molecule has 86 valence electrons. The van der Waals surface area contributed by atoms with Crippen molar-refractivity contribution < 1.29 is 4.79 Å². The molecule has 2 amide bonds. The topological polar surface area (TPSA) is 41.1 Å². The van der Waals surface area contributed by atoms with Crippen molar-refractivity contribution >= 4 is 23.7 Å². The number of carbonyl (C=O) groups is 1. The van der Waals surface area contributed by atoms with E-state index >= 15 is 0 Å². The number of rotatable bonds is 3. The number of hydrogen-bond acceptors (Lipinski definition) is 1. The maximum absolute atomic E-state index is 11.2. The lowest BCUT2D eigenvalue weighted by atomic mass is 10.2. The molecule has 0 aliphatic carbocycles. The van der Waals surface area contributed by atoms with Gasteiger partial charge in [0, 0.05) is 17.3 Å². The van der Waals surface area contributed by atoms with E-state index in [0.29, 0.717) is 5.02 Å². The van der Waals surface area contributed by atoms with Crippen molar-refractivity contribution in [3.05, 3.63) is 41.1 Å². The van der Waals surface area contributed by atoms with E-state index in [4.69, 9.17) is 11.6 Å². The van der Waals surface area contributed by atoms with E-state index in [2.05, 4.69) is 10.6 Å². The quantitative estimate of drug-likeness (QED) is 0.835. The van der Waals surface area contributed by atoms with Gasteiger partial charge in [-0.15, -0.1) is 0 Å². The fourth-order valence-corrected chi connectivity index (χ4v) is 1.32. The van der Waals surface area contributed by atoms with Gasteiger partial charge in [0.15, 0.2) is 0 Å². The van der Waals surface area contributed by atoms with Crippen LogP contribution in [0.4, 0.5) is 4.79 Å². The van der Waals surface area contributed by atoms with Crippen LogP contribution in [0.15, 0.2) is 30.5 Å². The number of halogens is 1. The van der Waals surface area contributed by atoms with Gasteiger partial charge in [0.05, 0.1) is 0 Å². The lowest BCUT2D eigenvalue weighted by molar-refractivity contribution is 0.242. The van der Waals surface area contributed by atoms with Crippen LogP contribution >= 0.6 is 11.6 Å². The summed E-state index contributed by atoms with van der Waals surface area (Å²) in [6.45, 7) is 3.80. The van der Waals surface area contributed by atoms with Crippen molar-refractivity contribution in [2.45, 2.75) is 19.9 Å². The summed E-state index contributed by atoms with van der Waals surface area (Å²) in [6, 6.07) is 7.32. The van der Waals surface area contributed by atoms with Crippen LogP contribution in [0, 0.1) is 0 Å². The van der Waals surface area contributed by atoms with E-state index in [1.807, 2.05) is 32.0 Å². The Balaban J connectivity index is 2.49. The van der Waals surface area contributed by atoms with Crippen LogP contribution in [0.25, 0.3) is 6.08 Å². The van der Waals surface area contributed by atoms with E-state index in [-0.39, 0.29) is 12.1 Å². The summed E-state index contributed by atoms with van der Waals surface area (Å²) in [4.78, 5) is 11.2. The Morgan fingerprint density at radius 1 is 1.38 bits per heavy atom. The van der Waals surface area contributed by atoms with Gasteiger partial charge < -0.3 is 10.6 Å². The maximum atomic E-state index is 11.2. The highest BCUT2D eigenvalue weighted by molar-refractivity contribution is 6.32. The highest BCUT2D eigenvalue weighted by atomic mass is 35.5. The summed E-state index contributed by atoms with van der Waals surface area (Å²) in [5.74, 6) is 0. The van der Waals surface area contributed by atoms with Gasteiger partial charge in [0.25, 0.3) is 0 Å². The van der Waals surface area contributed by atoms with Gasteiger partial charge in [-0.25, -0.2) is 4.79 Å². The van der Waals surface area contributed by atoms with Gasteiger partial charge in [-0.1, -0.05) is 29.8 Å². The molecule has 4 heteroatoms. The first-order valence-corrected chi connectivity index (χ1v) is 5.45. The molecule has 1 rings (SSSR count). The van der Waals surface area contributed by atoms with Crippen molar-refractivity contribution in [1.29, 1.82) is 0 Å². The molecule has 1 aromatic carbocycles. The van der Waals surface area contributed by atoms with E-state index < -0.39 is 0 Å². The summed E-state index contributed by atoms with van der Waals surface area (Å²) in [5, 5.41) is 5.97. The van der Waals surface area contributed by atoms with E-state index in [1.165, 1.54) is 0 Å². The summed E-state index contributed by atoms with van der Waals surface area (Å²) in [6.07, 6.45) is 3.32. The Labute approximate surface area is 100 Å². The normalized spacial score (nSPS) is 10.8. The number of amides is 2. The molecule has 0 fully saturated rings. The molecular formula is C12H15ClN2O. The van der Waals surface area contributed by atoms with Crippen LogP contribution < -0.4 is 10.6 Å². The number of carbonyl (C=O) groups excluding carboxylic acids is 1. The Morgan fingerprint density at radius 2 is 2.06 bits per heavy atom. The van der Waals surface area contributed by atoms with Crippen molar-refractivity contribution in [1.82, 2.24) is 10.6 Å². The molecule has 0 heterocycles. The SMILES string of the molecule is CC(C)NC(=O)N/C=C/c1ccccc1Cl. The minimum Gasteiger partial charge on any atom is -0.336 e. The first-order chi connectivity index (χ1) is 7.59. The third kappa shape index (κ3) is 4.36. The van der Waals surface area contributed by atoms with Crippen molar-refractivity contribution in [3.63, 3.8) is 0 Å². The van der Waals surface area contributed by atoms with Crippen LogP contribution in [0.1, 0.15) is 19.4 Å². The van der Waals surface area contributed by atoms with Crippen LogP contribution in [0.3, 0.4) is 0 Å². The molecule has 0 spiro atoms. The average Bonchev–Trinajstić information content (AvgIpc) is 2.19. The van der Waals surface area contributed by atoms with E-state index in [1.54, 1.807) is 18.3 Å². The van der Waals surface area contributed by atoms with Crippen LogP contribution in [-0.2, 0) is 0 Å². The minimum atomic E-state index is -0.224. The zero-order valence-electron chi connectivity index (χ0n) is 9.33. The molecule has 16 heavy (non-hydrogen) atoms. The molecular weight excluding hydrogens is 224 g/mol. The largest absolute Gasteiger partial charge is 0.336 e. The monoisotopic (exact) mass is 238 g/mol. The molecule has 2 N–H and O–H groups in total. The molecule has 0 unspecified atom stereocenters. The first-order valence-electron chi connectivity index (χ1n) is 5.07. The van der Waals surface area contributed by atoms with Crippen molar-refractivity contribution in [2.75, 3.05) is 0 Å². The molecule has 0 saturated heterocycles. The predicted molar refractivity (Wildman–Crippen MR) is 67.3 cm³/mol. The Bertz CT molecular complexity index is 388. The van der Waals surface area contributed by atoms with E-state index in [9.17, 15) is 4.79 Å². The Hall–Kier alpha value is -1.48. The summed E-state index contributed by atoms with van der Waals surface area (Å²) >= 11 is 5.94. The van der Waals surface area contributed by atoms with Gasteiger partial charge in [-0.05, 0) is 31.6 Å². The smallest absolute Gasteiger partial charge is 0.318 e. The summed E-state index contributed by atoms with van der Waals surface area (Å²) in [7, 11) is 0. The standard InChI is InChI=1S/C12H15ClN2O/c1-9(2)15-12(16)14-8-7-10-5-3-4-6-11(10)13/h3-9H,1-2H3,(H2,14,15,16)/b8-7+. The molecule has 0 saturated carbocycles. The second-order valence-electron chi connectivity index (χ2n) is 3.63. The fourth-order valence-electron chi connectivity index (χ4n) is 1.12. The van der Waals surface area contributed by atoms with Crippen LogP contribution in [0.5, 0.6) is 0 Å². The second kappa shape index (κ2) is 6.18. The number of benzene rings is 1. The number of nitrogens with one attached hydrogen (secondary N) is 2. The molecule has 0 aromatic heterocycles. The molecule has 0 atom stereocenters. The minimum absolute atomic E-state index is 0.119. The highest BCUT2D eigenvalue weighted by Crippen LogP contribution is 2.15. The molecule has 0 bridgehead atoms. The summed E-state index contributed by atoms with van der Waals surface area (Å²) < 4.78 is 0. The third-order valence-corrected chi connectivity index (χ3v) is 2.15. The van der Waals surface area contributed by atoms with Gasteiger partial charge in [-0.3, -0.25) is 0 Å². The first kappa shape index (κ1) is 12.6. The molecule has 0 radical (unpaired) electrons. The maximum Gasteiger partial charge on any atom is 0.318 e. The van der Waals surface area contributed by atoms with Gasteiger partial charge in [0.1, 0.15) is 0 Å². The van der Waals surface area contributed by atoms with Gasteiger partial charge in [-0.2, -0.15) is 0 Å². The van der Waals surface area contributed by atoms with Crippen LogP contribution in [0.2, 0.25) is 5.02 Å². The van der Waals surface area contributed by atoms with Gasteiger partial charge >= 0.3 is 6.03 Å². The third-order valence-electron chi connectivity index (χ3n) is 1.80. The Kier molecular flexibility index (Phi) is 4.86. The van der Waals surface area contributed by atoms with Crippen molar-refractivity contribution in [2.24, 2.45) is 0 Å². The zero-order valence-corrected chi connectivity index (χ0v) is 10.1. The lowest BCUT2D eigenvalue weighted by Crippen LogP contribution is -2.36. The predicted octanol–water partition coefficient (Wildman–Crippen LogP) is 3.02. The van der Waals surface area contributed by atoms with E-state index in [0.717, 1.165) is 5.56 Å². The lowest BCUT2D eigenvalue weighted by Gasteiger charge is -2.06. The van der Waals surface area contributed by atoms with Crippen molar-refractivity contribution in [3.8, 4) is 0 Å². The second-order valence-corrected chi connectivity index (χ2v) is 4.03. The highest BCUT2D eigenvalue weighted by Gasteiger charge is 1.98. The molecule has 3 nitrogen and oxygen atoms in total. The number of urea groups is 1. The molecule has 0 aliphatic heterocycles. The molecule has 1 aromatic rings. The zero-order chi connectivity index (χ0) is 12.0. The summed E-state index contributed by atoms with van der Waals surface area (Å²) in [5.41, 5.74) is 0.869. The van der Waals surface area contributed by atoms with Crippen LogP contribution in [-0.4, -0.2) is 12.1 Å². The van der Waals surface area contributed by atoms with Gasteiger partial charge in [0.2, 0.25) is 0 Å². The number of hydrogen-bond donors (Lipinski definition) is 2.